The monoisotopic (exact) mass is 423 g/mol. The molecule has 0 aromatic heterocycles. The normalized spacial score (nSPS) is 25.3. The van der Waals surface area contributed by atoms with Gasteiger partial charge >= 0.3 is 5.51 Å². The van der Waals surface area contributed by atoms with Crippen LogP contribution in [0.15, 0.2) is 23.1 Å². The Morgan fingerprint density at radius 1 is 1.29 bits per heavy atom. The molecule has 1 aromatic carbocycles. The number of nitrogens with one attached hydrogen (secondary N) is 1. The number of anilines is 1. The van der Waals surface area contributed by atoms with Crippen molar-refractivity contribution in [3.8, 4) is 0 Å². The summed E-state index contributed by atoms with van der Waals surface area (Å²) >= 11 is 0. The number of sulfone groups is 1. The van der Waals surface area contributed by atoms with Crippen LogP contribution in [0, 0.1) is 20.9 Å². The average molecular weight is 423 g/mol. The van der Waals surface area contributed by atoms with Gasteiger partial charge < -0.3 is 11.1 Å². The number of nitro benzene ring substituents is 1. The highest BCUT2D eigenvalue weighted by molar-refractivity contribution is 7.92. The van der Waals surface area contributed by atoms with Gasteiger partial charge in [0, 0.05) is 18.7 Å². The first-order valence-electron chi connectivity index (χ1n) is 8.66. The highest BCUT2D eigenvalue weighted by Crippen LogP contribution is 2.46. The lowest BCUT2D eigenvalue weighted by molar-refractivity contribution is -0.384. The Kier molecular flexibility index (Phi) is 5.75. The van der Waals surface area contributed by atoms with Gasteiger partial charge in [-0.3, -0.25) is 10.1 Å². The smallest absolute Gasteiger partial charge is 0.379 e. The highest BCUT2D eigenvalue weighted by Gasteiger charge is 2.47. The zero-order valence-corrected chi connectivity index (χ0v) is 16.7. The first-order valence-corrected chi connectivity index (χ1v) is 10.1. The molecule has 3 N–H and O–H groups in total. The van der Waals surface area contributed by atoms with Crippen LogP contribution in [0.1, 0.15) is 40.0 Å². The lowest BCUT2D eigenvalue weighted by Crippen LogP contribution is -2.45. The number of nitrogens with zero attached hydrogens (tertiary/aromatic N) is 1. The third-order valence-electron chi connectivity index (χ3n) is 4.96. The van der Waals surface area contributed by atoms with Gasteiger partial charge in [0.1, 0.15) is 5.69 Å². The van der Waals surface area contributed by atoms with Crippen molar-refractivity contribution in [2.45, 2.75) is 56.5 Å². The molecule has 28 heavy (non-hydrogen) atoms. The molecule has 0 bridgehead atoms. The summed E-state index contributed by atoms with van der Waals surface area (Å²) in [5.41, 5.74) is -0.450. The molecule has 0 aliphatic heterocycles. The molecular weight excluding hydrogens is 399 g/mol. The Balaban J connectivity index is 2.31. The topological polar surface area (TPSA) is 115 Å². The molecule has 1 aliphatic rings. The van der Waals surface area contributed by atoms with Gasteiger partial charge in [-0.25, -0.2) is 8.42 Å². The van der Waals surface area contributed by atoms with Crippen molar-refractivity contribution in [1.29, 1.82) is 0 Å². The molecule has 158 valence electrons. The van der Waals surface area contributed by atoms with E-state index in [4.69, 9.17) is 5.73 Å². The van der Waals surface area contributed by atoms with Gasteiger partial charge in [-0.05, 0) is 42.2 Å². The SMILES string of the molecule is CC1(C)C[C@@H](N)C[C@@](C)(CNc2ccc(S(=O)(=O)C(F)(F)F)cc2[N+](=O)[O-])C1. The Morgan fingerprint density at radius 3 is 2.39 bits per heavy atom. The lowest BCUT2D eigenvalue weighted by atomic mass is 9.63. The zero-order chi connectivity index (χ0) is 21.5. The molecule has 0 amide bonds. The number of halogens is 3. The van der Waals surface area contributed by atoms with Crippen LogP contribution in [0.25, 0.3) is 0 Å². The molecule has 2 atom stereocenters. The summed E-state index contributed by atoms with van der Waals surface area (Å²) < 4.78 is 61.2. The lowest BCUT2D eigenvalue weighted by Gasteiger charge is -2.45. The summed E-state index contributed by atoms with van der Waals surface area (Å²) in [6, 6.07) is 2.12. The van der Waals surface area contributed by atoms with E-state index in [1.807, 2.05) is 6.92 Å². The van der Waals surface area contributed by atoms with Crippen molar-refractivity contribution in [3.63, 3.8) is 0 Å². The molecule has 2 rings (SSSR count). The number of hydrogen-bond donors (Lipinski definition) is 2. The van der Waals surface area contributed by atoms with E-state index in [1.54, 1.807) is 0 Å². The molecule has 0 saturated heterocycles. The van der Waals surface area contributed by atoms with Gasteiger partial charge in [0.25, 0.3) is 15.5 Å². The Labute approximate surface area is 161 Å². The van der Waals surface area contributed by atoms with Crippen LogP contribution in [-0.2, 0) is 9.84 Å². The second-order valence-electron chi connectivity index (χ2n) is 8.56. The van der Waals surface area contributed by atoms with E-state index in [0.29, 0.717) is 19.0 Å². The van der Waals surface area contributed by atoms with Crippen LogP contribution in [0.2, 0.25) is 0 Å². The van der Waals surface area contributed by atoms with Crippen LogP contribution in [0.3, 0.4) is 0 Å². The number of nitrogens with two attached hydrogens (primary N) is 1. The van der Waals surface area contributed by atoms with Gasteiger partial charge in [-0.1, -0.05) is 20.8 Å². The van der Waals surface area contributed by atoms with Crippen molar-refractivity contribution in [3.05, 3.63) is 28.3 Å². The summed E-state index contributed by atoms with van der Waals surface area (Å²) in [4.78, 5) is 9.24. The molecule has 7 nitrogen and oxygen atoms in total. The first-order chi connectivity index (χ1) is 12.6. The Bertz CT molecular complexity index is 871. The van der Waals surface area contributed by atoms with Gasteiger partial charge in [-0.2, -0.15) is 13.2 Å². The van der Waals surface area contributed by atoms with Crippen LogP contribution < -0.4 is 11.1 Å². The standard InChI is InChI=1S/C17H24F3N3O4S/c1-15(2)7-11(21)8-16(3,9-15)10-22-13-5-4-12(6-14(13)23(24)25)28(26,27)17(18,19)20/h4-6,11,22H,7-10,21H2,1-3H3/t11-,16-/m1/s1. The average Bonchev–Trinajstić information content (AvgIpc) is 2.49. The summed E-state index contributed by atoms with van der Waals surface area (Å²) in [5, 5.41) is 14.2. The van der Waals surface area contributed by atoms with Crippen molar-refractivity contribution < 1.29 is 26.5 Å². The number of alkyl halides is 3. The molecule has 11 heteroatoms. The maximum absolute atomic E-state index is 12.7. The van der Waals surface area contributed by atoms with Crippen molar-refractivity contribution in [2.24, 2.45) is 16.6 Å². The van der Waals surface area contributed by atoms with Crippen molar-refractivity contribution in [2.75, 3.05) is 11.9 Å². The molecule has 0 spiro atoms. The second kappa shape index (κ2) is 7.18. The van der Waals surface area contributed by atoms with E-state index < -0.39 is 30.9 Å². The summed E-state index contributed by atoms with van der Waals surface area (Å²) in [6.45, 7) is 6.48. The number of hydrogen-bond acceptors (Lipinski definition) is 6. The fourth-order valence-corrected chi connectivity index (χ4v) is 5.05. The molecule has 0 radical (unpaired) electrons. The fraction of sp³-hybridized carbons (Fsp3) is 0.647. The second-order valence-corrected chi connectivity index (χ2v) is 10.5. The third kappa shape index (κ3) is 4.75. The fourth-order valence-electron chi connectivity index (χ4n) is 4.27. The molecule has 1 saturated carbocycles. The molecule has 1 fully saturated rings. The molecule has 0 unspecified atom stereocenters. The zero-order valence-electron chi connectivity index (χ0n) is 15.8. The molecule has 1 aromatic rings. The van der Waals surface area contributed by atoms with E-state index in [1.165, 1.54) is 0 Å². The van der Waals surface area contributed by atoms with Crippen molar-refractivity contribution >= 4 is 21.2 Å². The minimum atomic E-state index is -5.67. The van der Waals surface area contributed by atoms with Crippen molar-refractivity contribution in [1.82, 2.24) is 0 Å². The van der Waals surface area contributed by atoms with Crippen LogP contribution >= 0.6 is 0 Å². The van der Waals surface area contributed by atoms with Crippen LogP contribution in [0.5, 0.6) is 0 Å². The van der Waals surface area contributed by atoms with Gasteiger partial charge in [0.05, 0.1) is 9.82 Å². The third-order valence-corrected chi connectivity index (χ3v) is 6.45. The number of rotatable bonds is 5. The summed E-state index contributed by atoms with van der Waals surface area (Å²) in [7, 11) is -5.67. The number of nitro groups is 1. The molecule has 1 aliphatic carbocycles. The molecule has 0 heterocycles. The first kappa shape index (κ1) is 22.4. The van der Waals surface area contributed by atoms with E-state index in [9.17, 15) is 31.7 Å². The summed E-state index contributed by atoms with van der Waals surface area (Å²) in [5.74, 6) is 0. The molecular formula is C17H24F3N3O4S. The summed E-state index contributed by atoms with van der Waals surface area (Å²) in [6.07, 6.45) is 2.36. The van der Waals surface area contributed by atoms with E-state index in [-0.39, 0.29) is 22.6 Å². The van der Waals surface area contributed by atoms with E-state index >= 15 is 0 Å². The van der Waals surface area contributed by atoms with E-state index in [2.05, 4.69) is 19.2 Å². The quantitative estimate of drug-likeness (QED) is 0.549. The minimum absolute atomic E-state index is 0.00925. The number of benzene rings is 1. The largest absolute Gasteiger partial charge is 0.501 e. The predicted octanol–water partition coefficient (Wildman–Crippen LogP) is 3.84. The minimum Gasteiger partial charge on any atom is -0.379 e. The maximum Gasteiger partial charge on any atom is 0.501 e. The van der Waals surface area contributed by atoms with Gasteiger partial charge in [0.15, 0.2) is 0 Å². The maximum atomic E-state index is 12.7. The van der Waals surface area contributed by atoms with Gasteiger partial charge in [-0.15, -0.1) is 0 Å². The van der Waals surface area contributed by atoms with Crippen LogP contribution in [0.4, 0.5) is 24.5 Å². The van der Waals surface area contributed by atoms with E-state index in [0.717, 1.165) is 25.0 Å². The predicted molar refractivity (Wildman–Crippen MR) is 98.5 cm³/mol. The van der Waals surface area contributed by atoms with Gasteiger partial charge in [0.2, 0.25) is 0 Å². The highest BCUT2D eigenvalue weighted by atomic mass is 32.2. The Morgan fingerprint density at radius 2 is 1.89 bits per heavy atom. The Hall–Kier alpha value is -1.88. The van der Waals surface area contributed by atoms with Crippen LogP contribution in [-0.4, -0.2) is 31.4 Å².